The molecular weight excluding hydrogens is 246 g/mol. The highest BCUT2D eigenvalue weighted by atomic mass is 32.1. The number of aryl methyl sites for hydroxylation is 1. The molecule has 0 atom stereocenters. The monoisotopic (exact) mass is 267 g/mol. The van der Waals surface area contributed by atoms with Crippen LogP contribution in [0.3, 0.4) is 0 Å². The van der Waals surface area contributed by atoms with Gasteiger partial charge in [0.15, 0.2) is 0 Å². The summed E-state index contributed by atoms with van der Waals surface area (Å²) in [6.45, 7) is 2.71. The lowest BCUT2D eigenvalue weighted by atomic mass is 9.98. The van der Waals surface area contributed by atoms with Gasteiger partial charge in [-0.15, -0.1) is 11.3 Å². The largest absolute Gasteiger partial charge is 0.389 e. The Labute approximate surface area is 112 Å². The van der Waals surface area contributed by atoms with E-state index in [1.807, 2.05) is 0 Å². The Balaban J connectivity index is 1.77. The molecule has 0 saturated heterocycles. The fourth-order valence-electron chi connectivity index (χ4n) is 2.46. The smallest absolute Gasteiger partial charge is 0.223 e. The topological polar surface area (TPSA) is 49.3 Å². The lowest BCUT2D eigenvalue weighted by Crippen LogP contribution is -2.34. The molecule has 18 heavy (non-hydrogen) atoms. The molecule has 2 N–H and O–H groups in total. The van der Waals surface area contributed by atoms with Gasteiger partial charge in [0.2, 0.25) is 5.91 Å². The molecule has 4 heteroatoms. The Kier molecular flexibility index (Phi) is 4.40. The van der Waals surface area contributed by atoms with Crippen molar-refractivity contribution >= 4 is 17.2 Å². The first-order chi connectivity index (χ1) is 8.61. The Hall–Kier alpha value is -0.870. The van der Waals surface area contributed by atoms with Crippen molar-refractivity contribution in [3.05, 3.63) is 21.9 Å². The number of hydrogen-bond donors (Lipinski definition) is 2. The zero-order valence-corrected chi connectivity index (χ0v) is 11.7. The Morgan fingerprint density at radius 1 is 1.39 bits per heavy atom. The van der Waals surface area contributed by atoms with Gasteiger partial charge in [-0.2, -0.15) is 0 Å². The minimum atomic E-state index is -0.742. The number of rotatable bonds is 5. The third kappa shape index (κ3) is 3.56. The van der Waals surface area contributed by atoms with E-state index in [1.165, 1.54) is 9.75 Å². The van der Waals surface area contributed by atoms with Crippen molar-refractivity contribution < 1.29 is 9.90 Å². The quantitative estimate of drug-likeness (QED) is 0.861. The van der Waals surface area contributed by atoms with Gasteiger partial charge in [-0.1, -0.05) is 19.8 Å². The molecule has 0 radical (unpaired) electrons. The van der Waals surface area contributed by atoms with E-state index in [4.69, 9.17) is 0 Å². The van der Waals surface area contributed by atoms with Crippen LogP contribution in [0.2, 0.25) is 0 Å². The molecule has 0 bridgehead atoms. The summed E-state index contributed by atoms with van der Waals surface area (Å²) in [5, 5.41) is 13.0. The van der Waals surface area contributed by atoms with Crippen molar-refractivity contribution in [1.82, 2.24) is 5.32 Å². The maximum absolute atomic E-state index is 11.8. The number of amides is 1. The van der Waals surface area contributed by atoms with E-state index in [2.05, 4.69) is 24.4 Å². The summed E-state index contributed by atoms with van der Waals surface area (Å²) >= 11 is 1.74. The highest BCUT2D eigenvalue weighted by molar-refractivity contribution is 7.11. The average molecular weight is 267 g/mol. The van der Waals surface area contributed by atoms with Crippen LogP contribution in [0.25, 0.3) is 0 Å². The fraction of sp³-hybridized carbons (Fsp3) is 0.643. The maximum atomic E-state index is 11.8. The van der Waals surface area contributed by atoms with E-state index < -0.39 is 5.60 Å². The van der Waals surface area contributed by atoms with Gasteiger partial charge < -0.3 is 10.4 Å². The molecule has 0 spiro atoms. The lowest BCUT2D eigenvalue weighted by Gasteiger charge is -2.20. The summed E-state index contributed by atoms with van der Waals surface area (Å²) < 4.78 is 0. The first-order valence-electron chi connectivity index (χ1n) is 6.68. The summed E-state index contributed by atoms with van der Waals surface area (Å²) in [6.07, 6.45) is 4.89. The number of carbonyl (C=O) groups excluding carboxylic acids is 1. The van der Waals surface area contributed by atoms with Crippen LogP contribution >= 0.6 is 11.3 Å². The third-order valence-corrected chi connectivity index (χ3v) is 4.78. The predicted octanol–water partition coefficient (Wildman–Crippen LogP) is 2.62. The molecule has 2 rings (SSSR count). The van der Waals surface area contributed by atoms with Crippen LogP contribution < -0.4 is 5.32 Å². The van der Waals surface area contributed by atoms with Crippen LogP contribution in [0.1, 0.15) is 48.8 Å². The van der Waals surface area contributed by atoms with Crippen LogP contribution in [0.5, 0.6) is 0 Å². The minimum Gasteiger partial charge on any atom is -0.389 e. The second kappa shape index (κ2) is 5.85. The number of hydrogen-bond acceptors (Lipinski definition) is 3. The first-order valence-corrected chi connectivity index (χ1v) is 7.50. The van der Waals surface area contributed by atoms with Crippen molar-refractivity contribution in [2.75, 3.05) is 0 Å². The molecule has 100 valence electrons. The van der Waals surface area contributed by atoms with Crippen molar-refractivity contribution in [1.29, 1.82) is 0 Å². The van der Waals surface area contributed by atoms with Gasteiger partial charge in [-0.25, -0.2) is 0 Å². The normalized spacial score (nSPS) is 17.9. The highest BCUT2D eigenvalue weighted by Crippen LogP contribution is 2.32. The number of nitrogens with one attached hydrogen (secondary N) is 1. The van der Waals surface area contributed by atoms with Crippen molar-refractivity contribution in [3.63, 3.8) is 0 Å². The molecule has 1 aromatic rings. The molecule has 1 fully saturated rings. The van der Waals surface area contributed by atoms with E-state index in [9.17, 15) is 9.90 Å². The Morgan fingerprint density at radius 3 is 2.67 bits per heavy atom. The summed E-state index contributed by atoms with van der Waals surface area (Å²) in [7, 11) is 0. The molecule has 0 unspecified atom stereocenters. The predicted molar refractivity (Wildman–Crippen MR) is 73.6 cm³/mol. The molecule has 1 saturated carbocycles. The van der Waals surface area contributed by atoms with E-state index in [0.29, 0.717) is 6.54 Å². The molecule has 1 heterocycles. The zero-order valence-electron chi connectivity index (χ0n) is 10.9. The van der Waals surface area contributed by atoms with Crippen molar-refractivity contribution in [2.45, 2.75) is 57.6 Å². The zero-order chi connectivity index (χ0) is 13.0. The molecular formula is C14H21NO2S. The van der Waals surface area contributed by atoms with Crippen LogP contribution in [-0.4, -0.2) is 16.6 Å². The fourth-order valence-corrected chi connectivity index (χ4v) is 3.36. The summed E-state index contributed by atoms with van der Waals surface area (Å²) in [6, 6.07) is 4.17. The van der Waals surface area contributed by atoms with Crippen LogP contribution in [-0.2, 0) is 17.8 Å². The van der Waals surface area contributed by atoms with Crippen LogP contribution in [0, 0.1) is 0 Å². The number of aliphatic hydroxyl groups is 1. The Morgan fingerprint density at radius 2 is 2.06 bits per heavy atom. The standard InChI is InChI=1S/C14H21NO2S/c1-2-11-5-6-12(18-11)10-15-13(16)9-14(17)7-3-4-8-14/h5-6,17H,2-4,7-10H2,1H3,(H,15,16). The van der Waals surface area contributed by atoms with E-state index >= 15 is 0 Å². The van der Waals surface area contributed by atoms with Gasteiger partial charge in [0.1, 0.15) is 0 Å². The molecule has 0 aromatic carbocycles. The number of thiophene rings is 1. The third-order valence-electron chi connectivity index (χ3n) is 3.55. The average Bonchev–Trinajstić information content (AvgIpc) is 2.95. The van der Waals surface area contributed by atoms with Crippen LogP contribution in [0.15, 0.2) is 12.1 Å². The summed E-state index contributed by atoms with van der Waals surface area (Å²) in [5.74, 6) is -0.0363. The molecule has 0 aliphatic heterocycles. The van der Waals surface area contributed by atoms with E-state index in [0.717, 1.165) is 32.1 Å². The molecule has 3 nitrogen and oxygen atoms in total. The van der Waals surface area contributed by atoms with Gasteiger partial charge in [-0.05, 0) is 31.4 Å². The minimum absolute atomic E-state index is 0.0363. The maximum Gasteiger partial charge on any atom is 0.223 e. The van der Waals surface area contributed by atoms with E-state index in [1.54, 1.807) is 11.3 Å². The second-order valence-corrected chi connectivity index (χ2v) is 6.36. The van der Waals surface area contributed by atoms with E-state index in [-0.39, 0.29) is 12.3 Å². The second-order valence-electron chi connectivity index (χ2n) is 5.11. The molecule has 1 amide bonds. The first kappa shape index (κ1) is 13.6. The molecule has 1 aliphatic rings. The summed E-state index contributed by atoms with van der Waals surface area (Å²) in [4.78, 5) is 14.3. The number of carbonyl (C=O) groups is 1. The Bertz CT molecular complexity index is 408. The van der Waals surface area contributed by atoms with Gasteiger partial charge in [-0.3, -0.25) is 4.79 Å². The van der Waals surface area contributed by atoms with Gasteiger partial charge in [0.05, 0.1) is 18.6 Å². The molecule has 1 aliphatic carbocycles. The van der Waals surface area contributed by atoms with Gasteiger partial charge >= 0.3 is 0 Å². The summed E-state index contributed by atoms with van der Waals surface area (Å²) in [5.41, 5.74) is -0.742. The van der Waals surface area contributed by atoms with Gasteiger partial charge in [0.25, 0.3) is 0 Å². The SMILES string of the molecule is CCc1ccc(CNC(=O)CC2(O)CCCC2)s1. The van der Waals surface area contributed by atoms with Crippen molar-refractivity contribution in [2.24, 2.45) is 0 Å². The lowest BCUT2D eigenvalue weighted by molar-refractivity contribution is -0.126. The molecule has 1 aromatic heterocycles. The van der Waals surface area contributed by atoms with Crippen molar-refractivity contribution in [3.8, 4) is 0 Å². The van der Waals surface area contributed by atoms with Gasteiger partial charge in [0, 0.05) is 9.75 Å². The highest BCUT2D eigenvalue weighted by Gasteiger charge is 2.33. The van der Waals surface area contributed by atoms with Crippen LogP contribution in [0.4, 0.5) is 0 Å².